The van der Waals surface area contributed by atoms with E-state index in [2.05, 4.69) is 24.2 Å². The molecule has 0 aliphatic heterocycles. The Balaban J connectivity index is 0. The summed E-state index contributed by atoms with van der Waals surface area (Å²) in [5.74, 6) is 0. The van der Waals surface area contributed by atoms with Crippen LogP contribution in [0.5, 0.6) is 0 Å². The fourth-order valence-electron chi connectivity index (χ4n) is 0.839. The molecule has 0 saturated heterocycles. The summed E-state index contributed by atoms with van der Waals surface area (Å²) >= 11 is 0. The van der Waals surface area contributed by atoms with Crippen molar-refractivity contribution in [2.24, 2.45) is 0 Å². The molecule has 1 rings (SSSR count). The van der Waals surface area contributed by atoms with Gasteiger partial charge in [0.2, 0.25) is 0 Å². The smallest absolute Gasteiger partial charge is 0.0824 e. The predicted molar refractivity (Wildman–Crippen MR) is 62.4 cm³/mol. The van der Waals surface area contributed by atoms with Crippen LogP contribution in [0.1, 0.15) is 53.7 Å². The van der Waals surface area contributed by atoms with Gasteiger partial charge in [-0.3, -0.25) is 4.68 Å². The number of aromatic nitrogens is 3. The van der Waals surface area contributed by atoms with Gasteiger partial charge in [0.05, 0.1) is 5.69 Å². The minimum Gasteiger partial charge on any atom is -0.252 e. The van der Waals surface area contributed by atoms with E-state index in [0.717, 1.165) is 25.1 Å². The SMILES string of the molecule is CC.CC.CCCn1cc(CC)nn1. The highest BCUT2D eigenvalue weighted by Gasteiger charge is 1.94. The van der Waals surface area contributed by atoms with Crippen LogP contribution >= 0.6 is 0 Å². The van der Waals surface area contributed by atoms with Gasteiger partial charge in [0.15, 0.2) is 0 Å². The molecule has 0 aliphatic carbocycles. The standard InChI is InChI=1S/C7H13N3.2C2H6/c1-3-5-10-6-7(4-2)8-9-10;2*1-2/h6H,3-5H2,1-2H3;2*1-2H3. The quantitative estimate of drug-likeness (QED) is 0.747. The summed E-state index contributed by atoms with van der Waals surface area (Å²) in [6, 6.07) is 0. The van der Waals surface area contributed by atoms with Crippen molar-refractivity contribution >= 4 is 0 Å². The molecule has 1 aromatic heterocycles. The predicted octanol–water partition coefficient (Wildman–Crippen LogP) is 3.30. The van der Waals surface area contributed by atoms with Crippen molar-refractivity contribution in [1.29, 1.82) is 0 Å². The average Bonchev–Trinajstić information content (AvgIpc) is 2.72. The molecule has 0 N–H and O–H groups in total. The van der Waals surface area contributed by atoms with Crippen LogP contribution in [-0.4, -0.2) is 15.0 Å². The Morgan fingerprint density at radius 3 is 2.07 bits per heavy atom. The Bertz CT molecular complexity index is 194. The average molecular weight is 199 g/mol. The van der Waals surface area contributed by atoms with E-state index in [-0.39, 0.29) is 0 Å². The molecule has 84 valence electrons. The van der Waals surface area contributed by atoms with Gasteiger partial charge in [0.1, 0.15) is 0 Å². The number of nitrogens with zero attached hydrogens (tertiary/aromatic N) is 3. The lowest BCUT2D eigenvalue weighted by Crippen LogP contribution is -1.96. The van der Waals surface area contributed by atoms with Crippen LogP contribution in [0.4, 0.5) is 0 Å². The second-order valence-electron chi connectivity index (χ2n) is 2.33. The van der Waals surface area contributed by atoms with Crippen molar-refractivity contribution in [3.8, 4) is 0 Å². The molecule has 0 saturated carbocycles. The fourth-order valence-corrected chi connectivity index (χ4v) is 0.839. The van der Waals surface area contributed by atoms with E-state index in [1.54, 1.807) is 0 Å². The van der Waals surface area contributed by atoms with E-state index in [1.165, 1.54) is 0 Å². The highest BCUT2D eigenvalue weighted by Crippen LogP contribution is 1.93. The second-order valence-corrected chi connectivity index (χ2v) is 2.33. The topological polar surface area (TPSA) is 30.7 Å². The van der Waals surface area contributed by atoms with Gasteiger partial charge in [-0.2, -0.15) is 0 Å². The molecule has 0 aromatic carbocycles. The van der Waals surface area contributed by atoms with Gasteiger partial charge < -0.3 is 0 Å². The van der Waals surface area contributed by atoms with Crippen LogP contribution in [0.2, 0.25) is 0 Å². The van der Waals surface area contributed by atoms with Gasteiger partial charge in [-0.1, -0.05) is 46.8 Å². The van der Waals surface area contributed by atoms with Gasteiger partial charge in [0, 0.05) is 12.7 Å². The largest absolute Gasteiger partial charge is 0.252 e. The summed E-state index contributed by atoms with van der Waals surface area (Å²) in [6.45, 7) is 13.2. The minimum absolute atomic E-state index is 0.976. The maximum atomic E-state index is 3.97. The number of hydrogen-bond donors (Lipinski definition) is 0. The number of rotatable bonds is 3. The Hall–Kier alpha value is -0.860. The molecule has 0 atom stereocenters. The summed E-state index contributed by atoms with van der Waals surface area (Å²) < 4.78 is 1.89. The molecule has 14 heavy (non-hydrogen) atoms. The van der Waals surface area contributed by atoms with E-state index in [0.29, 0.717) is 0 Å². The highest BCUT2D eigenvalue weighted by molar-refractivity contribution is 4.90. The van der Waals surface area contributed by atoms with Gasteiger partial charge in [-0.25, -0.2) is 0 Å². The third-order valence-corrected chi connectivity index (χ3v) is 1.40. The zero-order valence-corrected chi connectivity index (χ0v) is 10.5. The molecule has 0 spiro atoms. The van der Waals surface area contributed by atoms with Crippen molar-refractivity contribution in [3.05, 3.63) is 11.9 Å². The second kappa shape index (κ2) is 12.1. The van der Waals surface area contributed by atoms with Crippen molar-refractivity contribution in [2.75, 3.05) is 0 Å². The Morgan fingerprint density at radius 1 is 1.14 bits per heavy atom. The molecule has 0 aliphatic rings. The molecule has 3 heteroatoms. The molecule has 0 amide bonds. The third kappa shape index (κ3) is 6.63. The van der Waals surface area contributed by atoms with Crippen LogP contribution in [0.25, 0.3) is 0 Å². The highest BCUT2D eigenvalue weighted by atomic mass is 15.4. The Labute approximate surface area is 88.5 Å². The third-order valence-electron chi connectivity index (χ3n) is 1.40. The Kier molecular flexibility index (Phi) is 13.5. The normalized spacial score (nSPS) is 8.14. The van der Waals surface area contributed by atoms with Gasteiger partial charge >= 0.3 is 0 Å². The first-order chi connectivity index (χ1) is 6.86. The van der Waals surface area contributed by atoms with E-state index in [4.69, 9.17) is 0 Å². The van der Waals surface area contributed by atoms with Gasteiger partial charge in [0.25, 0.3) is 0 Å². The van der Waals surface area contributed by atoms with E-state index in [9.17, 15) is 0 Å². The molecular weight excluding hydrogens is 174 g/mol. The minimum atomic E-state index is 0.976. The first kappa shape index (κ1) is 15.6. The lowest BCUT2D eigenvalue weighted by atomic mass is 10.4. The zero-order valence-electron chi connectivity index (χ0n) is 10.5. The summed E-state index contributed by atoms with van der Waals surface area (Å²) in [4.78, 5) is 0. The van der Waals surface area contributed by atoms with Crippen LogP contribution in [0, 0.1) is 0 Å². The van der Waals surface area contributed by atoms with Crippen molar-refractivity contribution < 1.29 is 0 Å². The molecule has 0 bridgehead atoms. The lowest BCUT2D eigenvalue weighted by molar-refractivity contribution is 0.579. The van der Waals surface area contributed by atoms with Crippen LogP contribution in [0.3, 0.4) is 0 Å². The first-order valence-electron chi connectivity index (χ1n) is 5.75. The molecule has 1 aromatic rings. The van der Waals surface area contributed by atoms with Gasteiger partial charge in [-0.15, -0.1) is 5.10 Å². The lowest BCUT2D eigenvalue weighted by Gasteiger charge is -1.91. The number of aryl methyl sites for hydroxylation is 2. The molecule has 0 radical (unpaired) electrons. The monoisotopic (exact) mass is 199 g/mol. The zero-order chi connectivity index (χ0) is 11.4. The first-order valence-corrected chi connectivity index (χ1v) is 5.75. The molecule has 0 unspecified atom stereocenters. The maximum Gasteiger partial charge on any atom is 0.0824 e. The Morgan fingerprint density at radius 2 is 1.71 bits per heavy atom. The summed E-state index contributed by atoms with van der Waals surface area (Å²) in [5.41, 5.74) is 1.08. The van der Waals surface area contributed by atoms with E-state index < -0.39 is 0 Å². The van der Waals surface area contributed by atoms with Crippen LogP contribution < -0.4 is 0 Å². The summed E-state index contributed by atoms with van der Waals surface area (Å²) in [6.07, 6.45) is 4.10. The molecule has 1 heterocycles. The molecular formula is C11H25N3. The fraction of sp³-hybridized carbons (Fsp3) is 0.818. The van der Waals surface area contributed by atoms with Crippen molar-refractivity contribution in [3.63, 3.8) is 0 Å². The number of hydrogen-bond acceptors (Lipinski definition) is 2. The van der Waals surface area contributed by atoms with E-state index >= 15 is 0 Å². The van der Waals surface area contributed by atoms with Crippen molar-refractivity contribution in [1.82, 2.24) is 15.0 Å². The maximum absolute atomic E-state index is 3.97. The summed E-state index contributed by atoms with van der Waals surface area (Å²) in [7, 11) is 0. The molecule has 3 nitrogen and oxygen atoms in total. The van der Waals surface area contributed by atoms with Crippen molar-refractivity contribution in [2.45, 2.75) is 60.9 Å². The van der Waals surface area contributed by atoms with Gasteiger partial charge in [-0.05, 0) is 12.8 Å². The van der Waals surface area contributed by atoms with Crippen LogP contribution in [0.15, 0.2) is 6.20 Å². The summed E-state index contributed by atoms with van der Waals surface area (Å²) in [5, 5.41) is 7.91. The van der Waals surface area contributed by atoms with Crippen LogP contribution in [-0.2, 0) is 13.0 Å². The molecule has 0 fully saturated rings. The van der Waals surface area contributed by atoms with E-state index in [1.807, 2.05) is 38.6 Å².